The van der Waals surface area contributed by atoms with Gasteiger partial charge in [0.1, 0.15) is 0 Å². The molecule has 2 aromatic heterocycles. The topological polar surface area (TPSA) is 75.4 Å². The summed E-state index contributed by atoms with van der Waals surface area (Å²) >= 11 is 1.51. The fourth-order valence-electron chi connectivity index (χ4n) is 2.66. The van der Waals surface area contributed by atoms with E-state index in [9.17, 15) is 9.59 Å². The molecule has 2 amide bonds. The molecule has 0 saturated carbocycles. The quantitative estimate of drug-likeness (QED) is 0.722. The van der Waals surface area contributed by atoms with E-state index in [0.29, 0.717) is 12.3 Å². The van der Waals surface area contributed by atoms with Gasteiger partial charge in [-0.15, -0.1) is 11.3 Å². The van der Waals surface area contributed by atoms with Crippen molar-refractivity contribution in [1.29, 1.82) is 0 Å². The molecule has 3 rings (SSSR count). The minimum absolute atomic E-state index is 0.0101. The number of benzene rings is 1. The summed E-state index contributed by atoms with van der Waals surface area (Å²) in [6, 6.07) is 11.2. The molecule has 0 fully saturated rings. The van der Waals surface area contributed by atoms with Gasteiger partial charge in [-0.3, -0.25) is 9.59 Å². The van der Waals surface area contributed by atoms with Gasteiger partial charge in [0.05, 0.1) is 16.8 Å². The highest BCUT2D eigenvalue weighted by Gasteiger charge is 2.23. The Bertz CT molecular complexity index is 935. The summed E-state index contributed by atoms with van der Waals surface area (Å²) in [6.45, 7) is 7.94. The van der Waals surface area contributed by atoms with E-state index in [4.69, 9.17) is 4.42 Å². The molecule has 0 atom stereocenters. The van der Waals surface area contributed by atoms with Crippen LogP contribution in [0, 0.1) is 0 Å². The Balaban J connectivity index is 1.75. The van der Waals surface area contributed by atoms with Crippen LogP contribution >= 0.6 is 11.3 Å². The van der Waals surface area contributed by atoms with Gasteiger partial charge in [0.15, 0.2) is 16.5 Å². The zero-order valence-corrected chi connectivity index (χ0v) is 16.7. The van der Waals surface area contributed by atoms with Gasteiger partial charge in [-0.2, -0.15) is 0 Å². The van der Waals surface area contributed by atoms with Crippen molar-refractivity contribution >= 4 is 33.4 Å². The molecule has 0 aliphatic carbocycles. The molecule has 27 heavy (non-hydrogen) atoms. The minimum atomic E-state index is -0.343. The Kier molecular flexibility index (Phi) is 5.32. The van der Waals surface area contributed by atoms with Crippen LogP contribution in [-0.4, -0.2) is 40.3 Å². The van der Waals surface area contributed by atoms with Gasteiger partial charge < -0.3 is 14.6 Å². The van der Waals surface area contributed by atoms with Crippen LogP contribution < -0.4 is 5.32 Å². The number of nitrogens with zero attached hydrogens (tertiary/aromatic N) is 2. The number of carbonyl (C=O) groups excluding carboxylic acids is 2. The number of nitrogens with one attached hydrogen (secondary N) is 1. The lowest BCUT2D eigenvalue weighted by Crippen LogP contribution is -2.47. The van der Waals surface area contributed by atoms with E-state index in [1.807, 2.05) is 52.0 Å². The number of likely N-dealkylation sites (N-methyl/N-ethyl adjacent to an activating group) is 1. The van der Waals surface area contributed by atoms with Crippen molar-refractivity contribution in [3.8, 4) is 10.8 Å². The summed E-state index contributed by atoms with van der Waals surface area (Å²) in [5.74, 6) is 0.244. The maximum absolute atomic E-state index is 12.7. The van der Waals surface area contributed by atoms with Crippen LogP contribution in [-0.2, 0) is 4.79 Å². The number of para-hydroxylation sites is 1. The van der Waals surface area contributed by atoms with Gasteiger partial charge in [-0.05, 0) is 52.0 Å². The lowest BCUT2D eigenvalue weighted by Gasteiger charge is -2.24. The van der Waals surface area contributed by atoms with E-state index < -0.39 is 0 Å². The van der Waals surface area contributed by atoms with Crippen LogP contribution in [0.2, 0.25) is 0 Å². The summed E-state index contributed by atoms with van der Waals surface area (Å²) in [5, 5.41) is 3.59. The smallest absolute Gasteiger partial charge is 0.290 e. The molecule has 0 saturated heterocycles. The third kappa shape index (κ3) is 4.54. The second kappa shape index (κ2) is 7.52. The van der Waals surface area contributed by atoms with Gasteiger partial charge in [-0.25, -0.2) is 4.98 Å². The van der Waals surface area contributed by atoms with Crippen molar-refractivity contribution in [3.05, 3.63) is 42.2 Å². The summed E-state index contributed by atoms with van der Waals surface area (Å²) in [6.07, 6.45) is 0. The molecule has 0 spiro atoms. The van der Waals surface area contributed by atoms with Crippen molar-refractivity contribution in [1.82, 2.24) is 15.2 Å². The monoisotopic (exact) mass is 385 g/mol. The number of furan rings is 1. The number of carbonyl (C=O) groups is 2. The standard InChI is InChI=1S/C20H23N3O3S/c1-5-23(12-17(24)22-20(2,3)4)19(25)15-11-10-14(26-15)18-21-13-8-6-7-9-16(13)27-18/h6-11H,5,12H2,1-4H3,(H,22,24). The van der Waals surface area contributed by atoms with Crippen molar-refractivity contribution in [2.45, 2.75) is 33.2 Å². The zero-order valence-electron chi connectivity index (χ0n) is 15.9. The first-order valence-corrected chi connectivity index (χ1v) is 9.64. The van der Waals surface area contributed by atoms with Crippen molar-refractivity contribution in [3.63, 3.8) is 0 Å². The van der Waals surface area contributed by atoms with E-state index >= 15 is 0 Å². The van der Waals surface area contributed by atoms with E-state index in [0.717, 1.165) is 15.2 Å². The summed E-state index contributed by atoms with van der Waals surface area (Å²) in [7, 11) is 0. The molecule has 7 heteroatoms. The lowest BCUT2D eigenvalue weighted by molar-refractivity contribution is -0.123. The van der Waals surface area contributed by atoms with Crippen molar-refractivity contribution in [2.75, 3.05) is 13.1 Å². The largest absolute Gasteiger partial charge is 0.448 e. The molecule has 1 aromatic carbocycles. The number of thiazole rings is 1. The van der Waals surface area contributed by atoms with Crippen LogP contribution in [0.4, 0.5) is 0 Å². The van der Waals surface area contributed by atoms with Gasteiger partial charge in [-0.1, -0.05) is 12.1 Å². The summed E-state index contributed by atoms with van der Waals surface area (Å²) in [4.78, 5) is 30.9. The first-order chi connectivity index (χ1) is 12.8. The Hall–Kier alpha value is -2.67. The number of aromatic nitrogens is 1. The third-order valence-corrected chi connectivity index (χ3v) is 4.89. The average Bonchev–Trinajstić information content (AvgIpc) is 3.23. The molecule has 0 aliphatic rings. The molecule has 3 aromatic rings. The highest BCUT2D eigenvalue weighted by Crippen LogP contribution is 2.31. The van der Waals surface area contributed by atoms with Gasteiger partial charge in [0.25, 0.3) is 5.91 Å². The Morgan fingerprint density at radius 2 is 1.93 bits per heavy atom. The zero-order chi connectivity index (χ0) is 19.6. The molecule has 2 heterocycles. The molecule has 0 unspecified atom stereocenters. The van der Waals surface area contributed by atoms with Crippen LogP contribution in [0.1, 0.15) is 38.2 Å². The van der Waals surface area contributed by atoms with E-state index in [-0.39, 0.29) is 29.7 Å². The second-order valence-corrected chi connectivity index (χ2v) is 8.30. The van der Waals surface area contributed by atoms with Crippen LogP contribution in [0.5, 0.6) is 0 Å². The minimum Gasteiger partial charge on any atom is -0.448 e. The molecule has 0 bridgehead atoms. The number of hydrogen-bond donors (Lipinski definition) is 1. The number of hydrogen-bond acceptors (Lipinski definition) is 5. The number of fused-ring (bicyclic) bond motifs is 1. The molecule has 1 N–H and O–H groups in total. The van der Waals surface area contributed by atoms with Crippen LogP contribution in [0.15, 0.2) is 40.8 Å². The molecular weight excluding hydrogens is 362 g/mol. The lowest BCUT2D eigenvalue weighted by atomic mass is 10.1. The molecular formula is C20H23N3O3S. The van der Waals surface area contributed by atoms with E-state index in [2.05, 4.69) is 10.3 Å². The highest BCUT2D eigenvalue weighted by atomic mass is 32.1. The number of amides is 2. The third-order valence-electron chi connectivity index (χ3n) is 3.84. The fraction of sp³-hybridized carbons (Fsp3) is 0.350. The summed E-state index contributed by atoms with van der Waals surface area (Å²) < 4.78 is 6.81. The molecule has 142 valence electrons. The van der Waals surface area contributed by atoms with E-state index in [1.165, 1.54) is 16.2 Å². The first kappa shape index (κ1) is 19.1. The SMILES string of the molecule is CCN(CC(=O)NC(C)(C)C)C(=O)c1ccc(-c2nc3ccccc3s2)o1. The van der Waals surface area contributed by atoms with E-state index in [1.54, 1.807) is 12.1 Å². The average molecular weight is 385 g/mol. The fourth-order valence-corrected chi connectivity index (χ4v) is 3.59. The van der Waals surface area contributed by atoms with Gasteiger partial charge in [0, 0.05) is 12.1 Å². The second-order valence-electron chi connectivity index (χ2n) is 7.27. The molecule has 0 radical (unpaired) electrons. The Labute approximate surface area is 162 Å². The first-order valence-electron chi connectivity index (χ1n) is 8.83. The predicted molar refractivity (Wildman–Crippen MR) is 107 cm³/mol. The summed E-state index contributed by atoms with van der Waals surface area (Å²) in [5.41, 5.74) is 0.556. The normalized spacial score (nSPS) is 11.6. The maximum Gasteiger partial charge on any atom is 0.290 e. The van der Waals surface area contributed by atoms with Gasteiger partial charge >= 0.3 is 0 Å². The Morgan fingerprint density at radius 3 is 2.59 bits per heavy atom. The number of rotatable bonds is 5. The highest BCUT2D eigenvalue weighted by molar-refractivity contribution is 7.21. The van der Waals surface area contributed by atoms with Crippen LogP contribution in [0.3, 0.4) is 0 Å². The molecule has 0 aliphatic heterocycles. The Morgan fingerprint density at radius 1 is 1.19 bits per heavy atom. The predicted octanol–water partition coefficient (Wildman–Crippen LogP) is 3.93. The molecule has 6 nitrogen and oxygen atoms in total. The maximum atomic E-state index is 12.7. The van der Waals surface area contributed by atoms with Crippen LogP contribution in [0.25, 0.3) is 21.0 Å². The van der Waals surface area contributed by atoms with Crippen molar-refractivity contribution < 1.29 is 14.0 Å². The van der Waals surface area contributed by atoms with Gasteiger partial charge in [0.2, 0.25) is 5.91 Å². The van der Waals surface area contributed by atoms with Crippen molar-refractivity contribution in [2.24, 2.45) is 0 Å².